The normalized spacial score (nSPS) is 10.7. The molecule has 2 aromatic heterocycles. The van der Waals surface area contributed by atoms with Crippen molar-refractivity contribution in [3.63, 3.8) is 0 Å². The Morgan fingerprint density at radius 1 is 1.25 bits per heavy atom. The monoisotopic (exact) mass is 266 g/mol. The van der Waals surface area contributed by atoms with Gasteiger partial charge in [0.1, 0.15) is 0 Å². The van der Waals surface area contributed by atoms with Crippen LogP contribution in [0.1, 0.15) is 16.1 Å². The predicted molar refractivity (Wildman–Crippen MR) is 76.6 cm³/mol. The van der Waals surface area contributed by atoms with Crippen molar-refractivity contribution in [1.29, 1.82) is 0 Å². The van der Waals surface area contributed by atoms with E-state index in [4.69, 9.17) is 4.74 Å². The minimum absolute atomic E-state index is 0.315. The molecule has 0 amide bonds. The fraction of sp³-hybridized carbons (Fsp3) is 0.125. The highest BCUT2D eigenvalue weighted by Crippen LogP contribution is 2.19. The lowest BCUT2D eigenvalue weighted by molar-refractivity contribution is 0.0601. The highest BCUT2D eigenvalue weighted by Gasteiger charge is 2.08. The molecule has 1 aromatic carbocycles. The number of carbonyl (C=O) groups excluding carboxylic acids is 1. The van der Waals surface area contributed by atoms with Crippen molar-refractivity contribution in [1.82, 2.24) is 9.55 Å². The van der Waals surface area contributed by atoms with Crippen molar-refractivity contribution in [3.8, 4) is 0 Å². The van der Waals surface area contributed by atoms with Crippen LogP contribution in [0, 0.1) is 0 Å². The number of hydrogen-bond donors (Lipinski definition) is 0. The molecule has 0 unspecified atom stereocenters. The average Bonchev–Trinajstić information content (AvgIpc) is 2.90. The first-order valence-electron chi connectivity index (χ1n) is 6.35. The van der Waals surface area contributed by atoms with E-state index in [-0.39, 0.29) is 5.97 Å². The Morgan fingerprint density at radius 2 is 2.15 bits per heavy atom. The first-order chi connectivity index (χ1) is 9.78. The Kier molecular flexibility index (Phi) is 3.21. The van der Waals surface area contributed by atoms with E-state index in [1.807, 2.05) is 42.6 Å². The summed E-state index contributed by atoms with van der Waals surface area (Å²) in [5.41, 5.74) is 2.64. The number of esters is 1. The Morgan fingerprint density at radius 3 is 2.90 bits per heavy atom. The van der Waals surface area contributed by atoms with Gasteiger partial charge in [0.15, 0.2) is 0 Å². The molecule has 0 aliphatic heterocycles. The third-order valence-electron chi connectivity index (χ3n) is 3.25. The Bertz CT molecular complexity index is 748. The number of hydrogen-bond acceptors (Lipinski definition) is 3. The van der Waals surface area contributed by atoms with E-state index in [0.29, 0.717) is 12.1 Å². The van der Waals surface area contributed by atoms with Gasteiger partial charge in [-0.2, -0.15) is 0 Å². The fourth-order valence-corrected chi connectivity index (χ4v) is 2.25. The van der Waals surface area contributed by atoms with Gasteiger partial charge < -0.3 is 9.30 Å². The molecule has 3 rings (SSSR count). The van der Waals surface area contributed by atoms with E-state index in [1.165, 1.54) is 7.11 Å². The van der Waals surface area contributed by atoms with Crippen LogP contribution in [0.25, 0.3) is 10.9 Å². The minimum atomic E-state index is -0.315. The molecule has 0 atom stereocenters. The van der Waals surface area contributed by atoms with Gasteiger partial charge in [0.25, 0.3) is 0 Å². The summed E-state index contributed by atoms with van der Waals surface area (Å²) >= 11 is 0. The predicted octanol–water partition coefficient (Wildman–Crippen LogP) is 2.87. The van der Waals surface area contributed by atoms with Crippen molar-refractivity contribution in [3.05, 3.63) is 66.1 Å². The molecule has 0 saturated carbocycles. The van der Waals surface area contributed by atoms with Crippen LogP contribution in [-0.2, 0) is 11.3 Å². The third kappa shape index (κ3) is 2.28. The summed E-state index contributed by atoms with van der Waals surface area (Å²) in [5.74, 6) is -0.315. The summed E-state index contributed by atoms with van der Waals surface area (Å²) < 4.78 is 6.84. The lowest BCUT2D eigenvalue weighted by atomic mass is 10.1. The van der Waals surface area contributed by atoms with Crippen molar-refractivity contribution in [2.24, 2.45) is 0 Å². The number of ether oxygens (including phenoxy) is 1. The maximum absolute atomic E-state index is 11.5. The maximum atomic E-state index is 11.5. The van der Waals surface area contributed by atoms with E-state index in [2.05, 4.69) is 9.55 Å². The molecule has 0 aliphatic rings. The van der Waals surface area contributed by atoms with Crippen molar-refractivity contribution in [2.45, 2.75) is 6.54 Å². The molecule has 4 nitrogen and oxygen atoms in total. The molecule has 0 radical (unpaired) electrons. The highest BCUT2D eigenvalue weighted by atomic mass is 16.5. The first-order valence-corrected chi connectivity index (χ1v) is 6.35. The Labute approximate surface area is 116 Å². The van der Waals surface area contributed by atoms with Crippen LogP contribution in [0.4, 0.5) is 0 Å². The number of aromatic nitrogens is 2. The molecule has 2 heterocycles. The second-order valence-electron chi connectivity index (χ2n) is 4.53. The van der Waals surface area contributed by atoms with Crippen molar-refractivity contribution in [2.75, 3.05) is 7.11 Å². The number of fused-ring (bicyclic) bond motifs is 1. The van der Waals surface area contributed by atoms with Gasteiger partial charge in [-0.15, -0.1) is 0 Å². The first kappa shape index (κ1) is 12.4. The van der Waals surface area contributed by atoms with Crippen LogP contribution >= 0.6 is 0 Å². The SMILES string of the molecule is COC(=O)c1ccc2c(ccn2Cc2ccccn2)c1. The van der Waals surface area contributed by atoms with E-state index < -0.39 is 0 Å². The van der Waals surface area contributed by atoms with Gasteiger partial charge in [-0.05, 0) is 36.4 Å². The van der Waals surface area contributed by atoms with Crippen LogP contribution in [0.2, 0.25) is 0 Å². The number of pyridine rings is 1. The molecule has 20 heavy (non-hydrogen) atoms. The lowest BCUT2D eigenvalue weighted by Gasteiger charge is -2.05. The van der Waals surface area contributed by atoms with Crippen LogP contribution < -0.4 is 0 Å². The van der Waals surface area contributed by atoms with Crippen LogP contribution in [0.15, 0.2) is 54.9 Å². The van der Waals surface area contributed by atoms with E-state index in [0.717, 1.165) is 16.6 Å². The summed E-state index contributed by atoms with van der Waals surface area (Å²) in [6, 6.07) is 13.4. The Balaban J connectivity index is 1.96. The number of carbonyl (C=O) groups is 1. The lowest BCUT2D eigenvalue weighted by Crippen LogP contribution is -2.02. The van der Waals surface area contributed by atoms with Gasteiger partial charge in [-0.1, -0.05) is 6.07 Å². The second kappa shape index (κ2) is 5.17. The number of benzene rings is 1. The number of rotatable bonds is 3. The smallest absolute Gasteiger partial charge is 0.337 e. The summed E-state index contributed by atoms with van der Waals surface area (Å²) in [6.45, 7) is 0.710. The number of nitrogens with zero attached hydrogens (tertiary/aromatic N) is 2. The summed E-state index contributed by atoms with van der Waals surface area (Å²) in [6.07, 6.45) is 3.79. The molecular weight excluding hydrogens is 252 g/mol. The van der Waals surface area contributed by atoms with Crippen LogP contribution in [0.3, 0.4) is 0 Å². The summed E-state index contributed by atoms with van der Waals surface area (Å²) in [5, 5.41) is 1.02. The molecule has 0 aliphatic carbocycles. The van der Waals surface area contributed by atoms with Crippen molar-refractivity contribution >= 4 is 16.9 Å². The molecule has 0 spiro atoms. The van der Waals surface area contributed by atoms with Gasteiger partial charge >= 0.3 is 5.97 Å². The molecule has 0 saturated heterocycles. The van der Waals surface area contributed by atoms with Gasteiger partial charge in [-0.3, -0.25) is 4.98 Å². The third-order valence-corrected chi connectivity index (χ3v) is 3.25. The zero-order valence-electron chi connectivity index (χ0n) is 11.1. The molecule has 0 fully saturated rings. The van der Waals surface area contributed by atoms with E-state index in [1.54, 1.807) is 12.3 Å². The zero-order valence-corrected chi connectivity index (χ0v) is 11.1. The van der Waals surface area contributed by atoms with Gasteiger partial charge in [0.2, 0.25) is 0 Å². The molecule has 3 aromatic rings. The summed E-state index contributed by atoms with van der Waals surface area (Å²) in [7, 11) is 1.39. The molecule has 100 valence electrons. The number of methoxy groups -OCH3 is 1. The summed E-state index contributed by atoms with van der Waals surface area (Å²) in [4.78, 5) is 15.8. The van der Waals surface area contributed by atoms with E-state index >= 15 is 0 Å². The average molecular weight is 266 g/mol. The van der Waals surface area contributed by atoms with Crippen molar-refractivity contribution < 1.29 is 9.53 Å². The standard InChI is InChI=1S/C16H14N2O2/c1-20-16(19)13-5-6-15-12(10-13)7-9-18(15)11-14-4-2-3-8-17-14/h2-10H,11H2,1H3. The second-order valence-corrected chi connectivity index (χ2v) is 4.53. The largest absolute Gasteiger partial charge is 0.465 e. The molecule has 4 heteroatoms. The molecule has 0 N–H and O–H groups in total. The highest BCUT2D eigenvalue weighted by molar-refractivity contribution is 5.94. The topological polar surface area (TPSA) is 44.1 Å². The fourth-order valence-electron chi connectivity index (χ4n) is 2.25. The Hall–Kier alpha value is -2.62. The zero-order chi connectivity index (χ0) is 13.9. The maximum Gasteiger partial charge on any atom is 0.337 e. The van der Waals surface area contributed by atoms with E-state index in [9.17, 15) is 4.79 Å². The molecule has 0 bridgehead atoms. The quantitative estimate of drug-likeness (QED) is 0.685. The van der Waals surface area contributed by atoms with Crippen LogP contribution in [0.5, 0.6) is 0 Å². The van der Waals surface area contributed by atoms with Gasteiger partial charge in [-0.25, -0.2) is 4.79 Å². The van der Waals surface area contributed by atoms with Gasteiger partial charge in [0.05, 0.1) is 24.9 Å². The van der Waals surface area contributed by atoms with Crippen LogP contribution in [-0.4, -0.2) is 22.6 Å². The molecular formula is C16H14N2O2. The van der Waals surface area contributed by atoms with Gasteiger partial charge in [0, 0.05) is 23.3 Å². The minimum Gasteiger partial charge on any atom is -0.465 e.